The van der Waals surface area contributed by atoms with E-state index in [9.17, 15) is 15.2 Å². The molecule has 0 saturated heterocycles. The Labute approximate surface area is 120 Å². The maximum atomic E-state index is 10.9. The first kappa shape index (κ1) is 14.1. The molecule has 20 heavy (non-hydrogen) atoms. The second-order valence-corrected chi connectivity index (χ2v) is 4.42. The number of alkyl halides is 1. The van der Waals surface area contributed by atoms with Gasteiger partial charge < -0.3 is 9.84 Å². The average Bonchev–Trinajstić information content (AvgIpc) is 2.44. The van der Waals surface area contributed by atoms with Gasteiger partial charge in [-0.25, -0.2) is 0 Å². The third kappa shape index (κ3) is 3.39. The first-order valence-corrected chi connectivity index (χ1v) is 6.37. The Morgan fingerprint density at radius 3 is 2.65 bits per heavy atom. The van der Waals surface area contributed by atoms with Gasteiger partial charge in [0, 0.05) is 11.9 Å². The number of halogens is 1. The highest BCUT2D eigenvalue weighted by molar-refractivity contribution is 6.17. The fraction of sp³-hybridized carbons (Fsp3) is 0.143. The number of rotatable bonds is 5. The van der Waals surface area contributed by atoms with Gasteiger partial charge in [0.25, 0.3) is 0 Å². The number of nitro groups is 1. The summed E-state index contributed by atoms with van der Waals surface area (Å²) >= 11 is 5.71. The number of benzene rings is 2. The van der Waals surface area contributed by atoms with E-state index in [-0.39, 0.29) is 29.7 Å². The molecule has 0 radical (unpaired) electrons. The minimum absolute atomic E-state index is 0.112. The van der Waals surface area contributed by atoms with E-state index < -0.39 is 4.92 Å². The second kappa shape index (κ2) is 6.25. The SMILES string of the molecule is O=[N+]([O-])c1ccc(CCl)cc1OCc1cccc(O)c1. The van der Waals surface area contributed by atoms with Crippen molar-refractivity contribution in [1.29, 1.82) is 0 Å². The predicted molar refractivity (Wildman–Crippen MR) is 75.1 cm³/mol. The van der Waals surface area contributed by atoms with E-state index in [2.05, 4.69) is 0 Å². The van der Waals surface area contributed by atoms with Crippen molar-refractivity contribution < 1.29 is 14.8 Å². The first-order chi connectivity index (χ1) is 9.60. The van der Waals surface area contributed by atoms with Crippen molar-refractivity contribution in [1.82, 2.24) is 0 Å². The zero-order chi connectivity index (χ0) is 14.5. The number of phenolic OH excluding ortho intramolecular Hbond substituents is 1. The van der Waals surface area contributed by atoms with E-state index in [1.54, 1.807) is 30.3 Å². The summed E-state index contributed by atoms with van der Waals surface area (Å²) in [5, 5.41) is 20.3. The highest BCUT2D eigenvalue weighted by Gasteiger charge is 2.15. The topological polar surface area (TPSA) is 72.6 Å². The van der Waals surface area contributed by atoms with Gasteiger partial charge in [0.2, 0.25) is 0 Å². The van der Waals surface area contributed by atoms with Crippen LogP contribution in [0.5, 0.6) is 11.5 Å². The van der Waals surface area contributed by atoms with Crippen LogP contribution >= 0.6 is 11.6 Å². The van der Waals surface area contributed by atoms with Gasteiger partial charge in [-0.15, -0.1) is 11.6 Å². The van der Waals surface area contributed by atoms with Gasteiger partial charge in [-0.05, 0) is 29.3 Å². The summed E-state index contributed by atoms with van der Waals surface area (Å²) in [5.41, 5.74) is 1.35. The maximum absolute atomic E-state index is 10.9. The van der Waals surface area contributed by atoms with E-state index in [0.717, 1.165) is 11.1 Å². The van der Waals surface area contributed by atoms with Crippen molar-refractivity contribution >= 4 is 17.3 Å². The number of ether oxygens (including phenoxy) is 1. The Kier molecular flexibility index (Phi) is 4.42. The summed E-state index contributed by atoms with van der Waals surface area (Å²) in [4.78, 5) is 10.4. The number of nitrogens with zero attached hydrogens (tertiary/aromatic N) is 1. The number of hydrogen-bond donors (Lipinski definition) is 1. The lowest BCUT2D eigenvalue weighted by atomic mass is 10.2. The van der Waals surface area contributed by atoms with E-state index in [1.165, 1.54) is 12.1 Å². The minimum atomic E-state index is -0.504. The molecule has 1 N–H and O–H groups in total. The number of phenols is 1. The van der Waals surface area contributed by atoms with Crippen LogP contribution in [-0.4, -0.2) is 10.0 Å². The van der Waals surface area contributed by atoms with Gasteiger partial charge >= 0.3 is 5.69 Å². The predicted octanol–water partition coefficient (Wildman–Crippen LogP) is 3.62. The van der Waals surface area contributed by atoms with Crippen molar-refractivity contribution in [3.63, 3.8) is 0 Å². The van der Waals surface area contributed by atoms with E-state index >= 15 is 0 Å². The van der Waals surface area contributed by atoms with E-state index in [4.69, 9.17) is 16.3 Å². The van der Waals surface area contributed by atoms with Crippen molar-refractivity contribution in [2.24, 2.45) is 0 Å². The van der Waals surface area contributed by atoms with Gasteiger partial charge in [-0.3, -0.25) is 10.1 Å². The lowest BCUT2D eigenvalue weighted by molar-refractivity contribution is -0.386. The molecule has 0 unspecified atom stereocenters. The first-order valence-electron chi connectivity index (χ1n) is 5.84. The molecular weight excluding hydrogens is 282 g/mol. The third-order valence-electron chi connectivity index (χ3n) is 2.68. The summed E-state index contributed by atoms with van der Waals surface area (Å²) in [7, 11) is 0. The normalized spacial score (nSPS) is 10.2. The van der Waals surface area contributed by atoms with Crippen molar-refractivity contribution in [3.8, 4) is 11.5 Å². The number of aromatic hydroxyl groups is 1. The molecule has 0 fully saturated rings. The fourth-order valence-electron chi connectivity index (χ4n) is 1.72. The van der Waals surface area contributed by atoms with Crippen molar-refractivity contribution in [2.75, 3.05) is 0 Å². The molecule has 2 aromatic carbocycles. The lowest BCUT2D eigenvalue weighted by Crippen LogP contribution is -1.99. The Morgan fingerprint density at radius 1 is 1.20 bits per heavy atom. The van der Waals surface area contributed by atoms with Gasteiger partial charge in [0.1, 0.15) is 12.4 Å². The molecule has 5 nitrogen and oxygen atoms in total. The number of hydrogen-bond acceptors (Lipinski definition) is 4. The van der Waals surface area contributed by atoms with Crippen LogP contribution in [0.15, 0.2) is 42.5 Å². The third-order valence-corrected chi connectivity index (χ3v) is 2.99. The van der Waals surface area contributed by atoms with Crippen molar-refractivity contribution in [3.05, 3.63) is 63.7 Å². The second-order valence-electron chi connectivity index (χ2n) is 4.15. The highest BCUT2D eigenvalue weighted by atomic mass is 35.5. The molecule has 0 amide bonds. The molecule has 0 saturated carbocycles. The molecule has 0 heterocycles. The summed E-state index contributed by atoms with van der Waals surface area (Å²) in [6.45, 7) is 0.126. The standard InChI is InChI=1S/C14H12ClNO4/c15-8-10-4-5-13(16(18)19)14(7-10)20-9-11-2-1-3-12(17)6-11/h1-7,17H,8-9H2. The number of nitro benzene ring substituents is 1. The Hall–Kier alpha value is -2.27. The molecule has 6 heteroatoms. The fourth-order valence-corrected chi connectivity index (χ4v) is 1.88. The minimum Gasteiger partial charge on any atom is -0.508 e. The van der Waals surface area contributed by atoms with Gasteiger partial charge in [0.15, 0.2) is 5.75 Å². The molecule has 0 bridgehead atoms. The van der Waals surface area contributed by atoms with Gasteiger partial charge in [-0.1, -0.05) is 18.2 Å². The van der Waals surface area contributed by atoms with Crippen LogP contribution in [0.4, 0.5) is 5.69 Å². The van der Waals surface area contributed by atoms with Crippen molar-refractivity contribution in [2.45, 2.75) is 12.5 Å². The highest BCUT2D eigenvalue weighted by Crippen LogP contribution is 2.29. The zero-order valence-electron chi connectivity index (χ0n) is 10.5. The molecule has 2 aromatic rings. The summed E-state index contributed by atoms with van der Waals surface area (Å²) < 4.78 is 5.47. The summed E-state index contributed by atoms with van der Waals surface area (Å²) in [6, 6.07) is 11.0. The smallest absolute Gasteiger partial charge is 0.310 e. The van der Waals surface area contributed by atoms with Crippen LogP contribution < -0.4 is 4.74 Å². The average molecular weight is 294 g/mol. The molecular formula is C14H12ClNO4. The summed E-state index contributed by atoms with van der Waals surface area (Å²) in [6.07, 6.45) is 0. The quantitative estimate of drug-likeness (QED) is 0.519. The van der Waals surface area contributed by atoms with Crippen LogP contribution in [0.3, 0.4) is 0 Å². The van der Waals surface area contributed by atoms with Crippen LogP contribution in [0.25, 0.3) is 0 Å². The molecule has 0 atom stereocenters. The van der Waals surface area contributed by atoms with Gasteiger partial charge in [0.05, 0.1) is 4.92 Å². The van der Waals surface area contributed by atoms with Crippen LogP contribution in [0.2, 0.25) is 0 Å². The molecule has 0 aliphatic rings. The molecule has 2 rings (SSSR count). The van der Waals surface area contributed by atoms with Crippen LogP contribution in [0.1, 0.15) is 11.1 Å². The van der Waals surface area contributed by atoms with Gasteiger partial charge in [-0.2, -0.15) is 0 Å². The van der Waals surface area contributed by atoms with Crippen LogP contribution in [-0.2, 0) is 12.5 Å². The van der Waals surface area contributed by atoms with Crippen LogP contribution in [0, 0.1) is 10.1 Å². The molecule has 0 aromatic heterocycles. The van der Waals surface area contributed by atoms with E-state index in [1.807, 2.05) is 0 Å². The zero-order valence-corrected chi connectivity index (χ0v) is 11.2. The Balaban J connectivity index is 2.21. The lowest BCUT2D eigenvalue weighted by Gasteiger charge is -2.08. The Bertz CT molecular complexity index is 630. The molecule has 0 aliphatic heterocycles. The largest absolute Gasteiger partial charge is 0.508 e. The molecule has 0 spiro atoms. The maximum Gasteiger partial charge on any atom is 0.310 e. The van der Waals surface area contributed by atoms with E-state index in [0.29, 0.717) is 0 Å². The Morgan fingerprint density at radius 2 is 2.00 bits per heavy atom. The summed E-state index contributed by atoms with van der Waals surface area (Å²) in [5.74, 6) is 0.534. The monoisotopic (exact) mass is 293 g/mol. The molecule has 104 valence electrons. The molecule has 0 aliphatic carbocycles.